The Morgan fingerprint density at radius 3 is 2.09 bits per heavy atom. The number of rotatable bonds is 9. The van der Waals surface area contributed by atoms with Gasteiger partial charge in [-0.2, -0.15) is 0 Å². The van der Waals surface area contributed by atoms with E-state index in [1.807, 2.05) is 0 Å². The number of benzene rings is 1. The normalized spacial score (nSPS) is 12.2. The molecule has 0 saturated heterocycles. The second-order valence-electron chi connectivity index (χ2n) is 5.84. The van der Waals surface area contributed by atoms with Crippen LogP contribution in [0.1, 0.15) is 27.7 Å². The van der Waals surface area contributed by atoms with Crippen molar-refractivity contribution in [3.63, 3.8) is 0 Å². The number of methoxy groups -OCH3 is 2. The van der Waals surface area contributed by atoms with Gasteiger partial charge >= 0.3 is 0 Å². The molecule has 0 fully saturated rings. The van der Waals surface area contributed by atoms with Crippen LogP contribution in [0, 0.1) is 0 Å². The summed E-state index contributed by atoms with van der Waals surface area (Å²) >= 11 is 0. The molecule has 0 aliphatic rings. The first kappa shape index (κ1) is 19.7. The van der Waals surface area contributed by atoms with E-state index in [0.717, 1.165) is 0 Å². The summed E-state index contributed by atoms with van der Waals surface area (Å²) in [6.45, 7) is 9.41. The maximum atomic E-state index is 12.4. The number of nitrogens with zero attached hydrogens (tertiary/aromatic N) is 1. The van der Waals surface area contributed by atoms with E-state index in [4.69, 9.17) is 9.47 Å². The van der Waals surface area contributed by atoms with Gasteiger partial charge in [-0.3, -0.25) is 4.90 Å². The zero-order chi connectivity index (χ0) is 17.6. The Balaban J connectivity index is 2.80. The Morgan fingerprint density at radius 2 is 1.61 bits per heavy atom. The number of nitrogens with one attached hydrogen (secondary N) is 1. The van der Waals surface area contributed by atoms with Gasteiger partial charge in [-0.25, -0.2) is 13.1 Å². The quantitative estimate of drug-likeness (QED) is 0.743. The minimum atomic E-state index is -3.58. The molecule has 0 amide bonds. The van der Waals surface area contributed by atoms with E-state index < -0.39 is 10.0 Å². The molecule has 0 saturated carbocycles. The van der Waals surface area contributed by atoms with Crippen LogP contribution in [0.2, 0.25) is 0 Å². The van der Waals surface area contributed by atoms with Crippen molar-refractivity contribution in [2.75, 3.05) is 27.3 Å². The molecule has 0 aliphatic carbocycles. The van der Waals surface area contributed by atoms with Crippen molar-refractivity contribution in [2.24, 2.45) is 0 Å². The Labute approximate surface area is 139 Å². The topological polar surface area (TPSA) is 67.9 Å². The van der Waals surface area contributed by atoms with Crippen molar-refractivity contribution in [1.29, 1.82) is 0 Å². The maximum Gasteiger partial charge on any atom is 0.240 e. The highest BCUT2D eigenvalue weighted by molar-refractivity contribution is 7.89. The van der Waals surface area contributed by atoms with Crippen LogP contribution in [0.25, 0.3) is 0 Å². The molecule has 132 valence electrons. The van der Waals surface area contributed by atoms with Gasteiger partial charge in [0.05, 0.1) is 19.1 Å². The lowest BCUT2D eigenvalue weighted by Crippen LogP contribution is -2.42. The number of ether oxygens (including phenoxy) is 2. The number of hydrogen-bond donors (Lipinski definition) is 1. The van der Waals surface area contributed by atoms with Gasteiger partial charge in [0.15, 0.2) is 11.5 Å². The first-order chi connectivity index (χ1) is 10.7. The first-order valence-electron chi connectivity index (χ1n) is 7.70. The summed E-state index contributed by atoms with van der Waals surface area (Å²) in [6, 6.07) is 5.28. The molecule has 0 unspecified atom stereocenters. The molecule has 0 bridgehead atoms. The fourth-order valence-electron chi connectivity index (χ4n) is 2.49. The molecule has 7 heteroatoms. The van der Waals surface area contributed by atoms with Crippen molar-refractivity contribution < 1.29 is 17.9 Å². The fraction of sp³-hybridized carbons (Fsp3) is 0.625. The third-order valence-corrected chi connectivity index (χ3v) is 5.11. The van der Waals surface area contributed by atoms with E-state index in [-0.39, 0.29) is 4.90 Å². The molecule has 0 aliphatic heterocycles. The summed E-state index contributed by atoms with van der Waals surface area (Å²) in [5.74, 6) is 0.888. The van der Waals surface area contributed by atoms with Crippen LogP contribution in [0.15, 0.2) is 23.1 Å². The summed E-state index contributed by atoms with van der Waals surface area (Å²) in [4.78, 5) is 2.40. The van der Waals surface area contributed by atoms with Gasteiger partial charge in [-0.1, -0.05) is 0 Å². The van der Waals surface area contributed by atoms with Crippen LogP contribution in [0.3, 0.4) is 0 Å². The molecule has 0 spiro atoms. The van der Waals surface area contributed by atoms with Gasteiger partial charge in [0, 0.05) is 31.2 Å². The van der Waals surface area contributed by atoms with E-state index in [1.54, 1.807) is 6.07 Å². The molecule has 6 nitrogen and oxygen atoms in total. The van der Waals surface area contributed by atoms with Crippen molar-refractivity contribution in [3.05, 3.63) is 18.2 Å². The van der Waals surface area contributed by atoms with Crippen LogP contribution < -0.4 is 14.2 Å². The zero-order valence-electron chi connectivity index (χ0n) is 14.8. The summed E-state index contributed by atoms with van der Waals surface area (Å²) in [5, 5.41) is 0. The highest BCUT2D eigenvalue weighted by Crippen LogP contribution is 2.29. The van der Waals surface area contributed by atoms with E-state index >= 15 is 0 Å². The average Bonchev–Trinajstić information content (AvgIpc) is 2.49. The predicted octanol–water partition coefficient (Wildman–Crippen LogP) is 2.10. The van der Waals surface area contributed by atoms with Crippen LogP contribution in [-0.2, 0) is 10.0 Å². The van der Waals surface area contributed by atoms with Crippen LogP contribution >= 0.6 is 0 Å². The summed E-state index contributed by atoms with van der Waals surface area (Å²) in [5.41, 5.74) is 0. The molecule has 0 atom stereocenters. The second-order valence-corrected chi connectivity index (χ2v) is 7.61. The molecule has 0 aromatic heterocycles. The molecule has 0 heterocycles. The Bertz CT molecular complexity index is 592. The zero-order valence-corrected chi connectivity index (χ0v) is 15.6. The van der Waals surface area contributed by atoms with Crippen LogP contribution in [-0.4, -0.2) is 52.7 Å². The Morgan fingerprint density at radius 1 is 1.04 bits per heavy atom. The van der Waals surface area contributed by atoms with E-state index in [9.17, 15) is 8.42 Å². The molecule has 23 heavy (non-hydrogen) atoms. The standard InChI is InChI=1S/C16H28N2O4S/c1-12(2)18(13(3)4)10-9-17-23(19,20)14-7-8-15(21-5)16(11-14)22-6/h7-8,11-13,17H,9-10H2,1-6H3. The highest BCUT2D eigenvalue weighted by Gasteiger charge is 2.18. The molecule has 1 aromatic rings. The smallest absolute Gasteiger partial charge is 0.240 e. The average molecular weight is 344 g/mol. The lowest BCUT2D eigenvalue weighted by Gasteiger charge is -2.30. The molecular formula is C16H28N2O4S. The summed E-state index contributed by atoms with van der Waals surface area (Å²) in [6.07, 6.45) is 0. The Kier molecular flexibility index (Phi) is 7.31. The van der Waals surface area contributed by atoms with Crippen LogP contribution in [0.4, 0.5) is 0 Å². The minimum Gasteiger partial charge on any atom is -0.493 e. The number of sulfonamides is 1. The highest BCUT2D eigenvalue weighted by atomic mass is 32.2. The second kappa shape index (κ2) is 8.52. The summed E-state index contributed by atoms with van der Waals surface area (Å²) < 4.78 is 37.7. The minimum absolute atomic E-state index is 0.163. The fourth-order valence-corrected chi connectivity index (χ4v) is 3.52. The van der Waals surface area contributed by atoms with Crippen molar-refractivity contribution >= 4 is 10.0 Å². The van der Waals surface area contributed by atoms with Gasteiger partial charge in [-0.15, -0.1) is 0 Å². The molecular weight excluding hydrogens is 316 g/mol. The van der Waals surface area contributed by atoms with Gasteiger partial charge in [0.1, 0.15) is 0 Å². The lowest BCUT2D eigenvalue weighted by molar-refractivity contribution is 0.179. The lowest BCUT2D eigenvalue weighted by atomic mass is 10.2. The first-order valence-corrected chi connectivity index (χ1v) is 9.18. The largest absolute Gasteiger partial charge is 0.493 e. The van der Waals surface area contributed by atoms with E-state index in [2.05, 4.69) is 37.3 Å². The van der Waals surface area contributed by atoms with Crippen molar-refractivity contribution in [1.82, 2.24) is 9.62 Å². The molecule has 1 rings (SSSR count). The van der Waals surface area contributed by atoms with Gasteiger partial charge in [0.2, 0.25) is 10.0 Å². The van der Waals surface area contributed by atoms with Crippen molar-refractivity contribution in [3.8, 4) is 11.5 Å². The van der Waals surface area contributed by atoms with Crippen LogP contribution in [0.5, 0.6) is 11.5 Å². The third-order valence-electron chi connectivity index (χ3n) is 3.65. The SMILES string of the molecule is COc1ccc(S(=O)(=O)NCCN(C(C)C)C(C)C)cc1OC. The molecule has 1 N–H and O–H groups in total. The number of hydrogen-bond acceptors (Lipinski definition) is 5. The van der Waals surface area contributed by atoms with Gasteiger partial charge < -0.3 is 9.47 Å². The monoisotopic (exact) mass is 344 g/mol. The van der Waals surface area contributed by atoms with E-state index in [0.29, 0.717) is 36.7 Å². The van der Waals surface area contributed by atoms with E-state index in [1.165, 1.54) is 26.4 Å². The van der Waals surface area contributed by atoms with Crippen molar-refractivity contribution in [2.45, 2.75) is 44.7 Å². The van der Waals surface area contributed by atoms with Gasteiger partial charge in [0.25, 0.3) is 0 Å². The van der Waals surface area contributed by atoms with Gasteiger partial charge in [-0.05, 0) is 39.8 Å². The third kappa shape index (κ3) is 5.37. The Hall–Kier alpha value is -1.31. The predicted molar refractivity (Wildman–Crippen MR) is 91.7 cm³/mol. The molecule has 1 aromatic carbocycles. The summed E-state index contributed by atoms with van der Waals surface area (Å²) in [7, 11) is -0.590. The maximum absolute atomic E-state index is 12.4. The molecule has 0 radical (unpaired) electrons.